The van der Waals surface area contributed by atoms with Crippen molar-refractivity contribution in [1.82, 2.24) is 0 Å². The van der Waals surface area contributed by atoms with E-state index in [4.69, 9.17) is 15.2 Å². The van der Waals surface area contributed by atoms with Crippen LogP contribution in [0.2, 0.25) is 0 Å². The van der Waals surface area contributed by atoms with Crippen molar-refractivity contribution in [2.24, 2.45) is 5.73 Å². The maximum Gasteiger partial charge on any atom is 0.271 e. The van der Waals surface area contributed by atoms with Crippen molar-refractivity contribution in [1.29, 1.82) is 0 Å². The third kappa shape index (κ3) is 3.17. The molecule has 1 aromatic carbocycles. The summed E-state index contributed by atoms with van der Waals surface area (Å²) in [5.41, 5.74) is 5.80. The average Bonchev–Trinajstić information content (AvgIpc) is 2.34. The Morgan fingerprint density at radius 2 is 1.94 bits per heavy atom. The number of nitrogens with two attached hydrogens (primary N) is 1. The predicted octanol–water partition coefficient (Wildman–Crippen LogP) is 2.36. The van der Waals surface area contributed by atoms with Gasteiger partial charge in [-0.2, -0.15) is 8.78 Å². The Morgan fingerprint density at radius 1 is 1.24 bits per heavy atom. The van der Waals surface area contributed by atoms with Crippen molar-refractivity contribution in [2.75, 3.05) is 20.8 Å². The van der Waals surface area contributed by atoms with Gasteiger partial charge in [-0.05, 0) is 6.07 Å². The Kier molecular flexibility index (Phi) is 4.90. The van der Waals surface area contributed by atoms with Gasteiger partial charge in [0.15, 0.2) is 11.5 Å². The second-order valence-electron chi connectivity index (χ2n) is 3.40. The van der Waals surface area contributed by atoms with E-state index < -0.39 is 6.08 Å². The lowest BCUT2D eigenvalue weighted by Crippen LogP contribution is -2.08. The van der Waals surface area contributed by atoms with E-state index in [1.165, 1.54) is 14.2 Å². The van der Waals surface area contributed by atoms with Crippen LogP contribution in [0, 0.1) is 0 Å². The number of methoxy groups -OCH3 is 2. The highest BCUT2D eigenvalue weighted by atomic mass is 19.3. The van der Waals surface area contributed by atoms with Gasteiger partial charge in [0.1, 0.15) is 0 Å². The molecule has 0 saturated heterocycles. The lowest BCUT2D eigenvalue weighted by atomic mass is 10.0. The normalized spacial score (nSPS) is 9.94. The van der Waals surface area contributed by atoms with Gasteiger partial charge in [0.05, 0.1) is 14.2 Å². The summed E-state index contributed by atoms with van der Waals surface area (Å²) in [4.78, 5) is 0. The molecule has 94 valence electrons. The molecule has 0 unspecified atom stereocenters. The molecule has 0 heterocycles. The lowest BCUT2D eigenvalue weighted by Gasteiger charge is -2.13. The van der Waals surface area contributed by atoms with E-state index in [1.807, 2.05) is 0 Å². The fraction of sp³-hybridized carbons (Fsp3) is 0.333. The van der Waals surface area contributed by atoms with E-state index in [-0.39, 0.29) is 18.5 Å². The van der Waals surface area contributed by atoms with Gasteiger partial charge in [0.25, 0.3) is 6.08 Å². The van der Waals surface area contributed by atoms with Crippen molar-refractivity contribution in [3.63, 3.8) is 0 Å². The van der Waals surface area contributed by atoms with Gasteiger partial charge in [-0.15, -0.1) is 0 Å². The second-order valence-corrected chi connectivity index (χ2v) is 3.40. The van der Waals surface area contributed by atoms with E-state index in [0.717, 1.165) is 0 Å². The number of para-hydroxylation sites is 1. The van der Waals surface area contributed by atoms with Crippen LogP contribution in [0.25, 0.3) is 0 Å². The minimum atomic E-state index is -1.74. The maximum atomic E-state index is 12.5. The molecule has 1 aromatic rings. The third-order valence-electron chi connectivity index (χ3n) is 2.40. The monoisotopic (exact) mass is 243 g/mol. The Hall–Kier alpha value is -1.62. The first-order valence-electron chi connectivity index (χ1n) is 5.07. The summed E-state index contributed by atoms with van der Waals surface area (Å²) < 4.78 is 35.3. The van der Waals surface area contributed by atoms with Crippen molar-refractivity contribution in [3.05, 3.63) is 35.4 Å². The molecule has 0 bridgehead atoms. The first-order chi connectivity index (χ1) is 8.13. The van der Waals surface area contributed by atoms with E-state index in [0.29, 0.717) is 17.1 Å². The summed E-state index contributed by atoms with van der Waals surface area (Å²) in [6.45, 7) is -0.178. The Bertz CT molecular complexity index is 415. The number of rotatable bonds is 5. The quantitative estimate of drug-likeness (QED) is 0.863. The Morgan fingerprint density at radius 3 is 2.41 bits per heavy atom. The standard InChI is InChI=1S/C12H15F2NO2/c1-16-10-5-3-4-8(11(10)17-2)6-9(7-15)12(13)14/h3-5H,6-7,15H2,1-2H3. The van der Waals surface area contributed by atoms with Gasteiger partial charge in [0, 0.05) is 24.1 Å². The van der Waals surface area contributed by atoms with Crippen molar-refractivity contribution in [2.45, 2.75) is 6.42 Å². The molecule has 0 aliphatic carbocycles. The van der Waals surface area contributed by atoms with E-state index >= 15 is 0 Å². The van der Waals surface area contributed by atoms with E-state index in [2.05, 4.69) is 0 Å². The van der Waals surface area contributed by atoms with Crippen molar-refractivity contribution < 1.29 is 18.3 Å². The molecule has 0 saturated carbocycles. The van der Waals surface area contributed by atoms with E-state index in [9.17, 15) is 8.78 Å². The zero-order valence-corrected chi connectivity index (χ0v) is 9.80. The van der Waals surface area contributed by atoms with Crippen LogP contribution in [0.15, 0.2) is 29.9 Å². The first-order valence-corrected chi connectivity index (χ1v) is 5.07. The van der Waals surface area contributed by atoms with Gasteiger partial charge < -0.3 is 15.2 Å². The highest BCUT2D eigenvalue weighted by Gasteiger charge is 2.13. The molecule has 0 aliphatic heterocycles. The highest BCUT2D eigenvalue weighted by molar-refractivity contribution is 5.48. The fourth-order valence-corrected chi connectivity index (χ4v) is 1.54. The maximum absolute atomic E-state index is 12.5. The molecule has 17 heavy (non-hydrogen) atoms. The van der Waals surface area contributed by atoms with Crippen molar-refractivity contribution in [3.8, 4) is 11.5 Å². The Balaban J connectivity index is 3.10. The summed E-state index contributed by atoms with van der Waals surface area (Å²) in [5.74, 6) is 0.975. The molecule has 0 radical (unpaired) electrons. The number of halogens is 2. The predicted molar refractivity (Wildman–Crippen MR) is 61.5 cm³/mol. The minimum absolute atomic E-state index is 0.0548. The summed E-state index contributed by atoms with van der Waals surface area (Å²) >= 11 is 0. The second kappa shape index (κ2) is 6.20. The van der Waals surface area contributed by atoms with Crippen LogP contribution in [0.1, 0.15) is 5.56 Å². The first kappa shape index (κ1) is 13.4. The van der Waals surface area contributed by atoms with E-state index in [1.54, 1.807) is 18.2 Å². The largest absolute Gasteiger partial charge is 0.493 e. The van der Waals surface area contributed by atoms with Crippen LogP contribution in [0.5, 0.6) is 11.5 Å². The van der Waals surface area contributed by atoms with Gasteiger partial charge in [-0.1, -0.05) is 12.1 Å². The molecular weight excluding hydrogens is 228 g/mol. The number of ether oxygens (including phenoxy) is 2. The molecule has 3 nitrogen and oxygen atoms in total. The smallest absolute Gasteiger partial charge is 0.271 e. The molecule has 0 aliphatic rings. The molecule has 0 atom stereocenters. The number of hydrogen-bond donors (Lipinski definition) is 1. The molecule has 0 spiro atoms. The van der Waals surface area contributed by atoms with Crippen LogP contribution in [0.3, 0.4) is 0 Å². The SMILES string of the molecule is COc1cccc(CC(CN)=C(F)F)c1OC. The van der Waals surface area contributed by atoms with Crippen LogP contribution in [-0.4, -0.2) is 20.8 Å². The molecule has 2 N–H and O–H groups in total. The molecule has 0 aromatic heterocycles. The third-order valence-corrected chi connectivity index (χ3v) is 2.40. The lowest BCUT2D eigenvalue weighted by molar-refractivity contribution is 0.351. The molecule has 1 rings (SSSR count). The summed E-state index contributed by atoms with van der Waals surface area (Å²) in [6.07, 6.45) is -1.68. The fourth-order valence-electron chi connectivity index (χ4n) is 1.54. The van der Waals surface area contributed by atoms with Crippen LogP contribution >= 0.6 is 0 Å². The number of benzene rings is 1. The summed E-state index contributed by atoms with van der Waals surface area (Å²) in [5, 5.41) is 0. The Labute approximate surface area is 98.8 Å². The highest BCUT2D eigenvalue weighted by Crippen LogP contribution is 2.32. The van der Waals surface area contributed by atoms with Crippen LogP contribution in [0.4, 0.5) is 8.78 Å². The molecule has 0 fully saturated rings. The average molecular weight is 243 g/mol. The van der Waals surface area contributed by atoms with Gasteiger partial charge >= 0.3 is 0 Å². The van der Waals surface area contributed by atoms with Gasteiger partial charge in [0.2, 0.25) is 0 Å². The molecular formula is C12H15F2NO2. The topological polar surface area (TPSA) is 44.5 Å². The molecule has 0 amide bonds. The van der Waals surface area contributed by atoms with Gasteiger partial charge in [-0.3, -0.25) is 0 Å². The zero-order chi connectivity index (χ0) is 12.8. The van der Waals surface area contributed by atoms with Crippen LogP contribution in [-0.2, 0) is 6.42 Å². The summed E-state index contributed by atoms with van der Waals surface area (Å²) in [7, 11) is 2.97. The van der Waals surface area contributed by atoms with Gasteiger partial charge in [-0.25, -0.2) is 0 Å². The summed E-state index contributed by atoms with van der Waals surface area (Å²) in [6, 6.07) is 5.14. The minimum Gasteiger partial charge on any atom is -0.493 e. The molecule has 5 heteroatoms. The zero-order valence-electron chi connectivity index (χ0n) is 9.80. The number of hydrogen-bond acceptors (Lipinski definition) is 3. The van der Waals surface area contributed by atoms with Crippen LogP contribution < -0.4 is 15.2 Å². The van der Waals surface area contributed by atoms with Crippen molar-refractivity contribution >= 4 is 0 Å².